The van der Waals surface area contributed by atoms with Crippen molar-refractivity contribution in [2.75, 3.05) is 5.75 Å². The molecule has 0 spiro atoms. The molecule has 0 saturated heterocycles. The van der Waals surface area contributed by atoms with E-state index in [1.165, 1.54) is 0 Å². The monoisotopic (exact) mass is 332 g/mol. The number of benzene rings is 1. The van der Waals surface area contributed by atoms with Gasteiger partial charge in [0.05, 0.1) is 5.75 Å². The number of carbonyl (C=O) groups is 1. The molecule has 0 unspecified atom stereocenters. The van der Waals surface area contributed by atoms with E-state index in [9.17, 15) is 4.79 Å². The van der Waals surface area contributed by atoms with E-state index in [2.05, 4.69) is 4.98 Å². The lowest BCUT2D eigenvalue weighted by atomic mass is 10.2. The Morgan fingerprint density at radius 3 is 2.50 bits per heavy atom. The maximum absolute atomic E-state index is 12.5. The van der Waals surface area contributed by atoms with E-state index in [4.69, 9.17) is 11.6 Å². The van der Waals surface area contributed by atoms with E-state index in [0.717, 1.165) is 23.3 Å². The minimum absolute atomic E-state index is 0.194. The molecule has 0 radical (unpaired) electrons. The number of carbonyl (C=O) groups excluding carboxylic acids is 1. The number of hydrogen-bond donors (Lipinski definition) is 0. The molecule has 1 heterocycles. The molecule has 1 aromatic carbocycles. The molecule has 114 valence electrons. The summed E-state index contributed by atoms with van der Waals surface area (Å²) >= 11 is 7.43. The molecule has 0 N–H and O–H groups in total. The average Bonchev–Trinajstić information content (AvgIpc) is 3.37. The molecule has 0 aliphatic heterocycles. The second kappa shape index (κ2) is 7.16. The standard InChI is InChI=1S/C17H17ClN2OS/c18-14-1-5-16(6-2-14)22-12-17(21)20(15-3-4-15)11-13-7-9-19-10-8-13/h1-2,5-10,15H,3-4,11-12H2. The van der Waals surface area contributed by atoms with E-state index in [1.807, 2.05) is 41.3 Å². The summed E-state index contributed by atoms with van der Waals surface area (Å²) in [6.07, 6.45) is 5.77. The predicted octanol–water partition coefficient (Wildman–Crippen LogP) is 4.02. The Morgan fingerprint density at radius 1 is 1.18 bits per heavy atom. The van der Waals surface area contributed by atoms with Crippen LogP contribution in [0.25, 0.3) is 0 Å². The van der Waals surface area contributed by atoms with Crippen LogP contribution in [0.5, 0.6) is 0 Å². The first-order valence-corrected chi connectivity index (χ1v) is 8.65. The second-order valence-corrected chi connectivity index (χ2v) is 6.84. The van der Waals surface area contributed by atoms with Crippen molar-refractivity contribution in [3.63, 3.8) is 0 Å². The first kappa shape index (κ1) is 15.4. The van der Waals surface area contributed by atoms with Gasteiger partial charge in [-0.2, -0.15) is 0 Å². The largest absolute Gasteiger partial charge is 0.335 e. The lowest BCUT2D eigenvalue weighted by Gasteiger charge is -2.22. The lowest BCUT2D eigenvalue weighted by molar-refractivity contribution is -0.129. The van der Waals surface area contributed by atoms with Crippen LogP contribution in [0.15, 0.2) is 53.7 Å². The highest BCUT2D eigenvalue weighted by molar-refractivity contribution is 8.00. The minimum atomic E-state index is 0.194. The van der Waals surface area contributed by atoms with Gasteiger partial charge in [-0.05, 0) is 54.8 Å². The molecule has 3 nitrogen and oxygen atoms in total. The van der Waals surface area contributed by atoms with Crippen molar-refractivity contribution in [1.82, 2.24) is 9.88 Å². The summed E-state index contributed by atoms with van der Waals surface area (Å²) in [7, 11) is 0. The number of nitrogens with zero attached hydrogens (tertiary/aromatic N) is 2. The van der Waals surface area contributed by atoms with Crippen LogP contribution in [0.3, 0.4) is 0 Å². The number of amides is 1. The molecule has 1 saturated carbocycles. The quantitative estimate of drug-likeness (QED) is 0.749. The van der Waals surface area contributed by atoms with Crippen molar-refractivity contribution in [2.24, 2.45) is 0 Å². The number of aromatic nitrogens is 1. The molecule has 0 bridgehead atoms. The van der Waals surface area contributed by atoms with Crippen LogP contribution in [0.2, 0.25) is 5.02 Å². The molecule has 0 atom stereocenters. The Bertz CT molecular complexity index is 629. The van der Waals surface area contributed by atoms with Gasteiger partial charge in [-0.15, -0.1) is 11.8 Å². The number of rotatable bonds is 6. The van der Waals surface area contributed by atoms with Gasteiger partial charge in [0.25, 0.3) is 0 Å². The predicted molar refractivity (Wildman–Crippen MR) is 90.0 cm³/mol. The molecule has 1 aliphatic carbocycles. The van der Waals surface area contributed by atoms with Gasteiger partial charge in [-0.1, -0.05) is 11.6 Å². The minimum Gasteiger partial charge on any atom is -0.335 e. The van der Waals surface area contributed by atoms with Gasteiger partial charge in [-0.3, -0.25) is 9.78 Å². The van der Waals surface area contributed by atoms with Gasteiger partial charge in [0, 0.05) is 34.9 Å². The molecule has 1 aromatic heterocycles. The van der Waals surface area contributed by atoms with Crippen LogP contribution in [-0.4, -0.2) is 27.6 Å². The Kier molecular flexibility index (Phi) is 5.01. The van der Waals surface area contributed by atoms with Crippen LogP contribution in [-0.2, 0) is 11.3 Å². The fourth-order valence-corrected chi connectivity index (χ4v) is 3.16. The summed E-state index contributed by atoms with van der Waals surface area (Å²) in [4.78, 5) is 19.6. The third-order valence-electron chi connectivity index (χ3n) is 3.59. The summed E-state index contributed by atoms with van der Waals surface area (Å²) in [5, 5.41) is 0.716. The van der Waals surface area contributed by atoms with Gasteiger partial charge in [0.2, 0.25) is 5.91 Å². The van der Waals surface area contributed by atoms with Gasteiger partial charge in [0.15, 0.2) is 0 Å². The SMILES string of the molecule is O=C(CSc1ccc(Cl)cc1)N(Cc1ccncc1)C1CC1. The zero-order valence-electron chi connectivity index (χ0n) is 12.1. The zero-order valence-corrected chi connectivity index (χ0v) is 13.7. The highest BCUT2D eigenvalue weighted by Gasteiger charge is 2.32. The number of hydrogen-bond acceptors (Lipinski definition) is 3. The summed E-state index contributed by atoms with van der Waals surface area (Å²) in [5.41, 5.74) is 1.13. The topological polar surface area (TPSA) is 33.2 Å². The van der Waals surface area contributed by atoms with Crippen molar-refractivity contribution in [3.05, 3.63) is 59.4 Å². The maximum Gasteiger partial charge on any atom is 0.233 e. The van der Waals surface area contributed by atoms with Gasteiger partial charge in [0.1, 0.15) is 0 Å². The molecule has 1 aliphatic rings. The first-order valence-electron chi connectivity index (χ1n) is 7.29. The van der Waals surface area contributed by atoms with Crippen molar-refractivity contribution >= 4 is 29.3 Å². The van der Waals surface area contributed by atoms with Crippen LogP contribution in [0.4, 0.5) is 0 Å². The van der Waals surface area contributed by atoms with Crippen LogP contribution < -0.4 is 0 Å². The number of thioether (sulfide) groups is 1. The van der Waals surface area contributed by atoms with Crippen molar-refractivity contribution < 1.29 is 4.79 Å². The first-order chi connectivity index (χ1) is 10.7. The Balaban J connectivity index is 1.59. The maximum atomic E-state index is 12.5. The smallest absolute Gasteiger partial charge is 0.233 e. The molecular formula is C17H17ClN2OS. The second-order valence-electron chi connectivity index (χ2n) is 5.35. The van der Waals surface area contributed by atoms with Crippen molar-refractivity contribution in [1.29, 1.82) is 0 Å². The molecule has 1 amide bonds. The molecule has 1 fully saturated rings. The van der Waals surface area contributed by atoms with Crippen molar-refractivity contribution in [3.8, 4) is 0 Å². The highest BCUT2D eigenvalue weighted by Crippen LogP contribution is 2.30. The van der Waals surface area contributed by atoms with E-state index in [-0.39, 0.29) is 5.91 Å². The molecule has 3 rings (SSSR count). The Labute approximate surface area is 139 Å². The summed E-state index contributed by atoms with van der Waals surface area (Å²) < 4.78 is 0. The van der Waals surface area contributed by atoms with Crippen LogP contribution in [0, 0.1) is 0 Å². The zero-order chi connectivity index (χ0) is 15.4. The molecular weight excluding hydrogens is 316 g/mol. The molecule has 22 heavy (non-hydrogen) atoms. The van der Waals surface area contributed by atoms with Crippen LogP contribution in [0.1, 0.15) is 18.4 Å². The summed E-state index contributed by atoms with van der Waals surface area (Å²) in [5.74, 6) is 0.655. The number of halogens is 1. The summed E-state index contributed by atoms with van der Waals surface area (Å²) in [6.45, 7) is 0.674. The average molecular weight is 333 g/mol. The molecule has 2 aromatic rings. The third kappa shape index (κ3) is 4.24. The normalized spacial score (nSPS) is 13.9. The fraction of sp³-hybridized carbons (Fsp3) is 0.294. The van der Waals surface area contributed by atoms with E-state index in [1.54, 1.807) is 24.2 Å². The van der Waals surface area contributed by atoms with E-state index in [0.29, 0.717) is 23.4 Å². The highest BCUT2D eigenvalue weighted by atomic mass is 35.5. The number of pyridine rings is 1. The van der Waals surface area contributed by atoms with Gasteiger partial charge < -0.3 is 4.90 Å². The third-order valence-corrected chi connectivity index (χ3v) is 4.83. The van der Waals surface area contributed by atoms with Crippen LogP contribution >= 0.6 is 23.4 Å². The van der Waals surface area contributed by atoms with E-state index < -0.39 is 0 Å². The Morgan fingerprint density at radius 2 is 1.86 bits per heavy atom. The van der Waals surface area contributed by atoms with Gasteiger partial charge >= 0.3 is 0 Å². The lowest BCUT2D eigenvalue weighted by Crippen LogP contribution is -2.33. The summed E-state index contributed by atoms with van der Waals surface area (Å²) in [6, 6.07) is 11.9. The molecule has 5 heteroatoms. The van der Waals surface area contributed by atoms with E-state index >= 15 is 0 Å². The van der Waals surface area contributed by atoms with Crippen molar-refractivity contribution in [2.45, 2.75) is 30.3 Å². The van der Waals surface area contributed by atoms with Gasteiger partial charge in [-0.25, -0.2) is 0 Å². The Hall–Kier alpha value is -1.52. The fourth-order valence-electron chi connectivity index (χ4n) is 2.25.